The van der Waals surface area contributed by atoms with Gasteiger partial charge in [0, 0.05) is 32.2 Å². The van der Waals surface area contributed by atoms with Gasteiger partial charge in [0.15, 0.2) is 0 Å². The van der Waals surface area contributed by atoms with Crippen molar-refractivity contribution in [2.45, 2.75) is 44.9 Å². The van der Waals surface area contributed by atoms with Gasteiger partial charge in [-0.2, -0.15) is 17.0 Å². The zero-order valence-corrected chi connectivity index (χ0v) is 11.9. The number of hydrogen-bond acceptors (Lipinski definition) is 4. The number of morpholine rings is 1. The second-order valence-electron chi connectivity index (χ2n) is 5.22. The molecule has 2 rings (SSSR count). The molecule has 2 heterocycles. The fourth-order valence-corrected chi connectivity index (χ4v) is 4.84. The first-order chi connectivity index (χ1) is 8.45. The predicted molar refractivity (Wildman–Crippen MR) is 69.3 cm³/mol. The molecule has 6 nitrogen and oxygen atoms in total. The quantitative estimate of drug-likeness (QED) is 0.773. The molecule has 0 aromatic rings. The lowest BCUT2D eigenvalue weighted by atomic mass is 10.2. The Balaban J connectivity index is 2.15. The summed E-state index contributed by atoms with van der Waals surface area (Å²) < 4.78 is 33.9. The van der Waals surface area contributed by atoms with Crippen molar-refractivity contribution in [3.05, 3.63) is 0 Å². The molecule has 0 amide bonds. The van der Waals surface area contributed by atoms with Gasteiger partial charge in [-0.1, -0.05) is 0 Å². The lowest BCUT2D eigenvalue weighted by Gasteiger charge is -2.37. The summed E-state index contributed by atoms with van der Waals surface area (Å²) >= 11 is 0. The Bertz CT molecular complexity index is 377. The number of nitrogens with two attached hydrogens (primary N) is 1. The van der Waals surface area contributed by atoms with E-state index in [4.69, 9.17) is 10.5 Å². The van der Waals surface area contributed by atoms with E-state index in [1.54, 1.807) is 8.61 Å². The molecule has 0 aromatic carbocycles. The van der Waals surface area contributed by atoms with Crippen LogP contribution in [-0.4, -0.2) is 61.5 Å². The lowest BCUT2D eigenvalue weighted by molar-refractivity contribution is -0.0455. The first kappa shape index (κ1) is 14.2. The maximum Gasteiger partial charge on any atom is 0.282 e. The first-order valence-corrected chi connectivity index (χ1v) is 7.97. The lowest BCUT2D eigenvalue weighted by Crippen LogP contribution is -2.54. The average molecular weight is 277 g/mol. The molecule has 106 valence electrons. The van der Waals surface area contributed by atoms with Crippen LogP contribution in [0.4, 0.5) is 0 Å². The van der Waals surface area contributed by atoms with Gasteiger partial charge in [-0.05, 0) is 26.7 Å². The van der Waals surface area contributed by atoms with Gasteiger partial charge in [-0.25, -0.2) is 0 Å². The zero-order chi connectivity index (χ0) is 13.3. The van der Waals surface area contributed by atoms with Crippen LogP contribution in [-0.2, 0) is 14.9 Å². The Morgan fingerprint density at radius 2 is 1.89 bits per heavy atom. The maximum atomic E-state index is 12.6. The third-order valence-corrected chi connectivity index (χ3v) is 5.63. The molecule has 2 fully saturated rings. The van der Waals surface area contributed by atoms with Crippen molar-refractivity contribution in [3.8, 4) is 0 Å². The van der Waals surface area contributed by atoms with Crippen LogP contribution in [0.5, 0.6) is 0 Å². The van der Waals surface area contributed by atoms with Gasteiger partial charge >= 0.3 is 0 Å². The van der Waals surface area contributed by atoms with Crippen molar-refractivity contribution in [1.82, 2.24) is 8.61 Å². The summed E-state index contributed by atoms with van der Waals surface area (Å²) in [4.78, 5) is 0. The number of nitrogens with zero attached hydrogens (tertiary/aromatic N) is 2. The summed E-state index contributed by atoms with van der Waals surface area (Å²) in [5.74, 6) is 0. The Hall–Kier alpha value is -0.210. The molecule has 2 aliphatic heterocycles. The standard InChI is InChI=1S/C11H23N3O3S/c1-9-7-13(8-10(2)17-9)18(15,16)14-5-3-4-11(14)6-12/h9-11H,3-8,12H2,1-2H3/t9-,10-,11+/m1/s1. The molecule has 0 bridgehead atoms. The number of ether oxygens (including phenoxy) is 1. The molecule has 0 aromatic heterocycles. The molecule has 0 radical (unpaired) electrons. The van der Waals surface area contributed by atoms with E-state index < -0.39 is 10.2 Å². The van der Waals surface area contributed by atoms with E-state index in [2.05, 4.69) is 0 Å². The van der Waals surface area contributed by atoms with Crippen molar-refractivity contribution in [3.63, 3.8) is 0 Å². The van der Waals surface area contributed by atoms with Crippen LogP contribution in [0, 0.1) is 0 Å². The van der Waals surface area contributed by atoms with Crippen molar-refractivity contribution in [2.75, 3.05) is 26.2 Å². The van der Waals surface area contributed by atoms with Gasteiger partial charge in [0.25, 0.3) is 10.2 Å². The molecule has 3 atom stereocenters. The van der Waals surface area contributed by atoms with Crippen LogP contribution in [0.25, 0.3) is 0 Å². The Morgan fingerprint density at radius 1 is 1.28 bits per heavy atom. The third kappa shape index (κ3) is 2.70. The van der Waals surface area contributed by atoms with Crippen LogP contribution in [0.15, 0.2) is 0 Å². The molecule has 18 heavy (non-hydrogen) atoms. The van der Waals surface area contributed by atoms with E-state index in [-0.39, 0.29) is 18.2 Å². The molecule has 2 aliphatic rings. The second kappa shape index (κ2) is 5.42. The third-order valence-electron chi connectivity index (χ3n) is 3.60. The zero-order valence-electron chi connectivity index (χ0n) is 11.1. The SMILES string of the molecule is C[C@@H]1CN(S(=O)(=O)N2CCC[C@H]2CN)C[C@@H](C)O1. The van der Waals surface area contributed by atoms with Gasteiger partial charge in [0.1, 0.15) is 0 Å². The molecule has 0 unspecified atom stereocenters. The second-order valence-corrected chi connectivity index (χ2v) is 7.11. The minimum atomic E-state index is -3.38. The van der Waals surface area contributed by atoms with E-state index in [9.17, 15) is 8.42 Å². The fraction of sp³-hybridized carbons (Fsp3) is 1.00. The summed E-state index contributed by atoms with van der Waals surface area (Å²) in [6.45, 7) is 5.66. The molecule has 0 aliphatic carbocycles. The Kier molecular flexibility index (Phi) is 4.28. The molecular weight excluding hydrogens is 254 g/mol. The topological polar surface area (TPSA) is 75.9 Å². The largest absolute Gasteiger partial charge is 0.373 e. The van der Waals surface area contributed by atoms with E-state index in [1.807, 2.05) is 13.8 Å². The van der Waals surface area contributed by atoms with E-state index >= 15 is 0 Å². The monoisotopic (exact) mass is 277 g/mol. The minimum Gasteiger partial charge on any atom is -0.373 e. The normalized spacial score (nSPS) is 36.1. The highest BCUT2D eigenvalue weighted by molar-refractivity contribution is 7.86. The summed E-state index contributed by atoms with van der Waals surface area (Å²) in [7, 11) is -3.38. The number of rotatable bonds is 3. The van der Waals surface area contributed by atoms with Crippen molar-refractivity contribution in [2.24, 2.45) is 5.73 Å². The van der Waals surface area contributed by atoms with E-state index in [1.165, 1.54) is 0 Å². The smallest absolute Gasteiger partial charge is 0.282 e. The molecule has 0 spiro atoms. The van der Waals surface area contributed by atoms with Crippen LogP contribution < -0.4 is 5.73 Å². The van der Waals surface area contributed by atoms with Crippen molar-refractivity contribution >= 4 is 10.2 Å². The molecule has 2 saturated heterocycles. The fourth-order valence-electron chi connectivity index (χ4n) is 2.82. The summed E-state index contributed by atoms with van der Waals surface area (Å²) in [5, 5.41) is 0. The predicted octanol–water partition coefficient (Wildman–Crippen LogP) is -0.236. The highest BCUT2D eigenvalue weighted by Gasteiger charge is 2.40. The van der Waals surface area contributed by atoms with Crippen LogP contribution in [0.2, 0.25) is 0 Å². The van der Waals surface area contributed by atoms with Gasteiger partial charge in [-0.15, -0.1) is 0 Å². The van der Waals surface area contributed by atoms with Crippen LogP contribution in [0.3, 0.4) is 0 Å². The molecule has 7 heteroatoms. The van der Waals surface area contributed by atoms with Crippen LogP contribution >= 0.6 is 0 Å². The Labute approximate surface area is 109 Å². The summed E-state index contributed by atoms with van der Waals surface area (Å²) in [6, 6.07) is -0.0385. The van der Waals surface area contributed by atoms with E-state index in [0.717, 1.165) is 12.8 Å². The number of hydrogen-bond donors (Lipinski definition) is 1. The first-order valence-electron chi connectivity index (χ1n) is 6.57. The summed E-state index contributed by atoms with van der Waals surface area (Å²) in [5.41, 5.74) is 5.66. The molecular formula is C11H23N3O3S. The van der Waals surface area contributed by atoms with Crippen molar-refractivity contribution < 1.29 is 13.2 Å². The maximum absolute atomic E-state index is 12.6. The highest BCUT2D eigenvalue weighted by atomic mass is 32.2. The minimum absolute atomic E-state index is 0.0385. The van der Waals surface area contributed by atoms with Gasteiger partial charge in [0.2, 0.25) is 0 Å². The molecule has 2 N–H and O–H groups in total. The summed E-state index contributed by atoms with van der Waals surface area (Å²) in [6.07, 6.45) is 1.66. The van der Waals surface area contributed by atoms with Crippen molar-refractivity contribution in [1.29, 1.82) is 0 Å². The molecule has 0 saturated carbocycles. The Morgan fingerprint density at radius 3 is 2.44 bits per heavy atom. The van der Waals surface area contributed by atoms with Gasteiger partial charge in [-0.3, -0.25) is 0 Å². The van der Waals surface area contributed by atoms with Gasteiger partial charge < -0.3 is 10.5 Å². The van der Waals surface area contributed by atoms with Crippen LogP contribution in [0.1, 0.15) is 26.7 Å². The average Bonchev–Trinajstić information content (AvgIpc) is 2.76. The highest BCUT2D eigenvalue weighted by Crippen LogP contribution is 2.25. The van der Waals surface area contributed by atoms with E-state index in [0.29, 0.717) is 26.2 Å². The van der Waals surface area contributed by atoms with Gasteiger partial charge in [0.05, 0.1) is 12.2 Å².